The van der Waals surface area contributed by atoms with E-state index in [9.17, 15) is 0 Å². The third-order valence-electron chi connectivity index (χ3n) is 2.74. The lowest BCUT2D eigenvalue weighted by Crippen LogP contribution is -1.98. The Hall–Kier alpha value is -1.96. The Kier molecular flexibility index (Phi) is 3.33. The molecule has 2 nitrogen and oxygen atoms in total. The summed E-state index contributed by atoms with van der Waals surface area (Å²) < 4.78 is 5.71. The summed E-state index contributed by atoms with van der Waals surface area (Å²) in [6, 6.07) is 14.1. The minimum absolute atomic E-state index is 0.550. The van der Waals surface area contributed by atoms with E-state index in [-0.39, 0.29) is 0 Å². The average Bonchev–Trinajstić information content (AvgIpc) is 2.31. The van der Waals surface area contributed by atoms with Gasteiger partial charge in [-0.3, -0.25) is 0 Å². The molecule has 0 saturated heterocycles. The summed E-state index contributed by atoms with van der Waals surface area (Å²) in [5.74, 6) is 0.893. The number of hydrogen-bond donors (Lipinski definition) is 1. The Balaban J connectivity index is 2.05. The Morgan fingerprint density at radius 1 is 1.06 bits per heavy atom. The summed E-state index contributed by atoms with van der Waals surface area (Å²) in [6.07, 6.45) is 0. The number of nitrogens with two attached hydrogens (primary N) is 1. The largest absolute Gasteiger partial charge is 0.489 e. The van der Waals surface area contributed by atoms with Crippen molar-refractivity contribution < 1.29 is 4.74 Å². The van der Waals surface area contributed by atoms with Crippen LogP contribution in [0.1, 0.15) is 16.7 Å². The van der Waals surface area contributed by atoms with E-state index in [2.05, 4.69) is 13.0 Å². The van der Waals surface area contributed by atoms with Crippen LogP contribution in [0, 0.1) is 13.8 Å². The van der Waals surface area contributed by atoms with E-state index in [1.54, 1.807) is 0 Å². The van der Waals surface area contributed by atoms with E-state index < -0.39 is 0 Å². The van der Waals surface area contributed by atoms with E-state index in [4.69, 9.17) is 10.5 Å². The topological polar surface area (TPSA) is 35.2 Å². The van der Waals surface area contributed by atoms with Crippen molar-refractivity contribution in [3.63, 3.8) is 0 Å². The van der Waals surface area contributed by atoms with Gasteiger partial charge in [-0.25, -0.2) is 0 Å². The zero-order valence-corrected chi connectivity index (χ0v) is 10.2. The Morgan fingerprint density at radius 3 is 2.59 bits per heavy atom. The maximum absolute atomic E-state index is 5.86. The highest BCUT2D eigenvalue weighted by Gasteiger charge is 1.99. The summed E-state index contributed by atoms with van der Waals surface area (Å²) in [7, 11) is 0. The number of anilines is 1. The molecule has 0 saturated carbocycles. The molecular weight excluding hydrogens is 210 g/mol. The summed E-state index contributed by atoms with van der Waals surface area (Å²) in [6.45, 7) is 4.60. The number of nitrogen functional groups attached to an aromatic ring is 1. The molecule has 88 valence electrons. The van der Waals surface area contributed by atoms with Crippen molar-refractivity contribution in [2.24, 2.45) is 0 Å². The van der Waals surface area contributed by atoms with Crippen LogP contribution in [0.5, 0.6) is 5.75 Å². The van der Waals surface area contributed by atoms with Crippen LogP contribution in [0.4, 0.5) is 5.69 Å². The molecule has 0 atom stereocenters. The number of ether oxygens (including phenoxy) is 1. The second kappa shape index (κ2) is 4.91. The summed E-state index contributed by atoms with van der Waals surface area (Å²) in [5.41, 5.74) is 10.1. The van der Waals surface area contributed by atoms with E-state index in [0.29, 0.717) is 6.61 Å². The van der Waals surface area contributed by atoms with E-state index in [1.807, 2.05) is 43.3 Å². The van der Waals surface area contributed by atoms with Gasteiger partial charge >= 0.3 is 0 Å². The predicted molar refractivity (Wildman–Crippen MR) is 71.1 cm³/mol. The highest BCUT2D eigenvalue weighted by Crippen LogP contribution is 2.17. The van der Waals surface area contributed by atoms with Crippen LogP contribution in [0.3, 0.4) is 0 Å². The zero-order chi connectivity index (χ0) is 12.3. The second-order valence-corrected chi connectivity index (χ2v) is 4.30. The molecule has 0 heterocycles. The number of rotatable bonds is 3. The van der Waals surface area contributed by atoms with Gasteiger partial charge in [0.05, 0.1) is 0 Å². The lowest BCUT2D eigenvalue weighted by atomic mass is 10.1. The van der Waals surface area contributed by atoms with Gasteiger partial charge in [-0.1, -0.05) is 24.3 Å². The average molecular weight is 227 g/mol. The van der Waals surface area contributed by atoms with Gasteiger partial charge in [0.1, 0.15) is 12.4 Å². The first-order valence-electron chi connectivity index (χ1n) is 5.69. The van der Waals surface area contributed by atoms with Crippen LogP contribution in [0.2, 0.25) is 0 Å². The zero-order valence-electron chi connectivity index (χ0n) is 10.2. The monoisotopic (exact) mass is 227 g/mol. The van der Waals surface area contributed by atoms with Crippen LogP contribution in [-0.4, -0.2) is 0 Å². The van der Waals surface area contributed by atoms with E-state index >= 15 is 0 Å². The Bertz CT molecular complexity index is 520. The normalized spacial score (nSPS) is 10.2. The van der Waals surface area contributed by atoms with Crippen molar-refractivity contribution in [2.45, 2.75) is 20.5 Å². The smallest absolute Gasteiger partial charge is 0.120 e. The van der Waals surface area contributed by atoms with Crippen LogP contribution in [-0.2, 0) is 6.61 Å². The molecule has 0 spiro atoms. The number of hydrogen-bond acceptors (Lipinski definition) is 2. The third-order valence-corrected chi connectivity index (χ3v) is 2.74. The maximum Gasteiger partial charge on any atom is 0.120 e. The van der Waals surface area contributed by atoms with Crippen LogP contribution in [0.25, 0.3) is 0 Å². The van der Waals surface area contributed by atoms with Gasteiger partial charge < -0.3 is 10.5 Å². The SMILES string of the molecule is Cc1cccc(OCc2ccc(C)c(N)c2)c1. The maximum atomic E-state index is 5.86. The molecule has 2 rings (SSSR count). The van der Waals surface area contributed by atoms with Gasteiger partial charge in [0, 0.05) is 5.69 Å². The first kappa shape index (κ1) is 11.5. The molecule has 0 unspecified atom stereocenters. The molecule has 2 aromatic rings. The molecule has 0 aromatic heterocycles. The molecule has 2 heteroatoms. The highest BCUT2D eigenvalue weighted by molar-refractivity contribution is 5.48. The minimum Gasteiger partial charge on any atom is -0.489 e. The fourth-order valence-electron chi connectivity index (χ4n) is 1.65. The van der Waals surface area contributed by atoms with Crippen molar-refractivity contribution in [1.82, 2.24) is 0 Å². The number of aryl methyl sites for hydroxylation is 2. The molecule has 0 aliphatic heterocycles. The minimum atomic E-state index is 0.550. The van der Waals surface area contributed by atoms with Gasteiger partial charge in [-0.15, -0.1) is 0 Å². The van der Waals surface area contributed by atoms with Gasteiger partial charge in [-0.2, -0.15) is 0 Å². The number of benzene rings is 2. The Morgan fingerprint density at radius 2 is 1.88 bits per heavy atom. The van der Waals surface area contributed by atoms with E-state index in [0.717, 1.165) is 22.6 Å². The standard InChI is InChI=1S/C15H17NO/c1-11-4-3-5-14(8-11)17-10-13-7-6-12(2)15(16)9-13/h3-9H,10,16H2,1-2H3. The van der Waals surface area contributed by atoms with Crippen molar-refractivity contribution in [2.75, 3.05) is 5.73 Å². The third kappa shape index (κ3) is 3.00. The summed E-state index contributed by atoms with van der Waals surface area (Å²) >= 11 is 0. The molecule has 0 fully saturated rings. The molecule has 17 heavy (non-hydrogen) atoms. The first-order valence-corrected chi connectivity index (χ1v) is 5.69. The molecule has 0 aliphatic carbocycles. The Labute approximate surface area is 102 Å². The van der Waals surface area contributed by atoms with E-state index in [1.165, 1.54) is 5.56 Å². The highest BCUT2D eigenvalue weighted by atomic mass is 16.5. The van der Waals surface area contributed by atoms with Crippen molar-refractivity contribution >= 4 is 5.69 Å². The molecular formula is C15H17NO. The molecule has 0 radical (unpaired) electrons. The predicted octanol–water partition coefficient (Wildman–Crippen LogP) is 3.46. The molecule has 0 bridgehead atoms. The van der Waals surface area contributed by atoms with Gasteiger partial charge in [0.2, 0.25) is 0 Å². The fraction of sp³-hybridized carbons (Fsp3) is 0.200. The molecule has 2 N–H and O–H groups in total. The first-order chi connectivity index (χ1) is 8.15. The van der Waals surface area contributed by atoms with Crippen LogP contribution >= 0.6 is 0 Å². The van der Waals surface area contributed by atoms with Crippen molar-refractivity contribution in [1.29, 1.82) is 0 Å². The quantitative estimate of drug-likeness (QED) is 0.815. The molecule has 0 aliphatic rings. The van der Waals surface area contributed by atoms with Gasteiger partial charge in [0.15, 0.2) is 0 Å². The second-order valence-electron chi connectivity index (χ2n) is 4.30. The van der Waals surface area contributed by atoms with Crippen molar-refractivity contribution in [3.05, 3.63) is 59.2 Å². The van der Waals surface area contributed by atoms with Crippen LogP contribution < -0.4 is 10.5 Å². The summed E-state index contributed by atoms with van der Waals surface area (Å²) in [4.78, 5) is 0. The summed E-state index contributed by atoms with van der Waals surface area (Å²) in [5, 5.41) is 0. The molecule has 2 aromatic carbocycles. The molecule has 0 amide bonds. The fourth-order valence-corrected chi connectivity index (χ4v) is 1.65. The van der Waals surface area contributed by atoms with Gasteiger partial charge in [-0.05, 0) is 48.7 Å². The lowest BCUT2D eigenvalue weighted by Gasteiger charge is -2.08. The van der Waals surface area contributed by atoms with Crippen molar-refractivity contribution in [3.8, 4) is 5.75 Å². The van der Waals surface area contributed by atoms with Crippen LogP contribution in [0.15, 0.2) is 42.5 Å². The van der Waals surface area contributed by atoms with Gasteiger partial charge in [0.25, 0.3) is 0 Å². The lowest BCUT2D eigenvalue weighted by molar-refractivity contribution is 0.306.